The largest absolute Gasteiger partial charge is 0.245 e. The summed E-state index contributed by atoms with van der Waals surface area (Å²) in [5, 5.41) is 8.61. The van der Waals surface area contributed by atoms with Crippen LogP contribution < -0.4 is 0 Å². The van der Waals surface area contributed by atoms with Crippen molar-refractivity contribution < 1.29 is 8.42 Å². The number of rotatable bonds is 5. The molecule has 18 heavy (non-hydrogen) atoms. The maximum absolute atomic E-state index is 12.2. The summed E-state index contributed by atoms with van der Waals surface area (Å²) < 4.78 is 25.7. The van der Waals surface area contributed by atoms with Crippen molar-refractivity contribution in [1.29, 1.82) is 5.26 Å². The molecule has 6 heteroatoms. The molecule has 5 nitrogen and oxygen atoms in total. The molecule has 0 unspecified atom stereocenters. The number of sulfonamides is 1. The predicted molar refractivity (Wildman–Crippen MR) is 66.8 cm³/mol. The van der Waals surface area contributed by atoms with E-state index in [9.17, 15) is 8.42 Å². The molecule has 94 valence electrons. The zero-order valence-corrected chi connectivity index (χ0v) is 10.8. The van der Waals surface area contributed by atoms with E-state index in [2.05, 4.69) is 10.9 Å². The fourth-order valence-corrected chi connectivity index (χ4v) is 2.78. The molecule has 1 aromatic rings. The third kappa shape index (κ3) is 3.07. The first-order valence-corrected chi connectivity index (χ1v) is 6.80. The van der Waals surface area contributed by atoms with Crippen LogP contribution in [0.4, 0.5) is 0 Å². The topological polar surface area (TPSA) is 74.1 Å². The average Bonchev–Trinajstić information content (AvgIpc) is 2.38. The molecule has 0 radical (unpaired) electrons. The maximum atomic E-state index is 12.2. The number of aromatic nitrogens is 1. The van der Waals surface area contributed by atoms with Gasteiger partial charge in [0.25, 0.3) is 0 Å². The molecule has 0 aromatic carbocycles. The van der Waals surface area contributed by atoms with E-state index in [1.807, 2.05) is 13.0 Å². The van der Waals surface area contributed by atoms with E-state index in [1.54, 1.807) is 0 Å². The fourth-order valence-electron chi connectivity index (χ4n) is 1.38. The highest BCUT2D eigenvalue weighted by atomic mass is 32.2. The van der Waals surface area contributed by atoms with Gasteiger partial charge in [-0.25, -0.2) is 13.4 Å². The van der Waals surface area contributed by atoms with E-state index in [0.29, 0.717) is 13.0 Å². The zero-order valence-electron chi connectivity index (χ0n) is 10.00. The van der Waals surface area contributed by atoms with Crippen molar-refractivity contribution in [1.82, 2.24) is 9.29 Å². The molecule has 1 aromatic heterocycles. The highest BCUT2D eigenvalue weighted by Gasteiger charge is 2.23. The number of nitrogens with zero attached hydrogens (tertiary/aromatic N) is 3. The van der Waals surface area contributed by atoms with Crippen LogP contribution in [-0.4, -0.2) is 30.8 Å². The van der Waals surface area contributed by atoms with Gasteiger partial charge in [-0.15, -0.1) is 6.42 Å². The number of pyridine rings is 1. The Balaban J connectivity index is 3.11. The van der Waals surface area contributed by atoms with Crippen molar-refractivity contribution in [3.8, 4) is 18.4 Å². The second kappa shape index (κ2) is 6.15. The lowest BCUT2D eigenvalue weighted by atomic mass is 10.4. The quantitative estimate of drug-likeness (QED) is 0.742. The summed E-state index contributed by atoms with van der Waals surface area (Å²) in [5.74, 6) is 2.33. The van der Waals surface area contributed by atoms with Gasteiger partial charge >= 0.3 is 0 Å². The summed E-state index contributed by atoms with van der Waals surface area (Å²) in [5.41, 5.74) is 0.174. The molecule has 0 fully saturated rings. The molecule has 0 bridgehead atoms. The monoisotopic (exact) mass is 263 g/mol. The number of terminal acetylenes is 1. The van der Waals surface area contributed by atoms with Crippen molar-refractivity contribution in [3.63, 3.8) is 0 Å². The van der Waals surface area contributed by atoms with Crippen molar-refractivity contribution >= 4 is 10.0 Å². The van der Waals surface area contributed by atoms with Crippen LogP contribution in [0.3, 0.4) is 0 Å². The number of hydrogen-bond donors (Lipinski definition) is 0. The van der Waals surface area contributed by atoms with Gasteiger partial charge in [0.05, 0.1) is 6.54 Å². The lowest BCUT2D eigenvalue weighted by Crippen LogP contribution is -2.32. The van der Waals surface area contributed by atoms with E-state index < -0.39 is 10.0 Å². The molecule has 0 atom stereocenters. The average molecular weight is 263 g/mol. The van der Waals surface area contributed by atoms with Crippen LogP contribution in [0, 0.1) is 23.7 Å². The predicted octanol–water partition coefficient (Wildman–Crippen LogP) is 0.987. The summed E-state index contributed by atoms with van der Waals surface area (Å²) in [7, 11) is -3.63. The highest BCUT2D eigenvalue weighted by Crippen LogP contribution is 2.14. The highest BCUT2D eigenvalue weighted by molar-refractivity contribution is 7.89. The Kier molecular flexibility index (Phi) is 4.85. The standard InChI is InChI=1S/C12H13N3O2S/c1-3-7-15(8-4-2)18(16,17)12-6-5-11(9-13)14-10-12/h1,5-6,10H,4,7-8H2,2H3. The van der Waals surface area contributed by atoms with Crippen molar-refractivity contribution in [2.24, 2.45) is 0 Å². The van der Waals surface area contributed by atoms with E-state index in [0.717, 1.165) is 0 Å². The minimum Gasteiger partial charge on any atom is -0.244 e. The maximum Gasteiger partial charge on any atom is 0.245 e. The van der Waals surface area contributed by atoms with Crippen LogP contribution in [0.25, 0.3) is 0 Å². The van der Waals surface area contributed by atoms with Crippen LogP contribution >= 0.6 is 0 Å². The van der Waals surface area contributed by atoms with E-state index in [-0.39, 0.29) is 17.1 Å². The minimum absolute atomic E-state index is 0.0240. The molecule has 0 N–H and O–H groups in total. The second-order valence-corrected chi connectivity index (χ2v) is 5.47. The van der Waals surface area contributed by atoms with Crippen molar-refractivity contribution in [2.45, 2.75) is 18.2 Å². The lowest BCUT2D eigenvalue weighted by molar-refractivity contribution is 0.445. The van der Waals surface area contributed by atoms with Gasteiger partial charge in [0, 0.05) is 12.7 Å². The van der Waals surface area contributed by atoms with Gasteiger partial charge in [0.15, 0.2) is 0 Å². The van der Waals surface area contributed by atoms with Crippen molar-refractivity contribution in [3.05, 3.63) is 24.0 Å². The van der Waals surface area contributed by atoms with Crippen molar-refractivity contribution in [2.75, 3.05) is 13.1 Å². The molecular formula is C12H13N3O2S. The van der Waals surface area contributed by atoms with E-state index in [4.69, 9.17) is 11.7 Å². The van der Waals surface area contributed by atoms with Gasteiger partial charge in [-0.3, -0.25) is 0 Å². The summed E-state index contributed by atoms with van der Waals surface area (Å²) in [6.45, 7) is 2.25. The normalized spacial score (nSPS) is 10.9. The third-order valence-corrected chi connectivity index (χ3v) is 4.06. The SMILES string of the molecule is C#CCN(CCC)S(=O)(=O)c1ccc(C#N)nc1. The molecule has 0 amide bonds. The van der Waals surface area contributed by atoms with Crippen LogP contribution in [0.2, 0.25) is 0 Å². The molecule has 0 saturated heterocycles. The molecule has 0 aliphatic carbocycles. The van der Waals surface area contributed by atoms with Gasteiger partial charge in [0.2, 0.25) is 10.0 Å². The third-order valence-electron chi connectivity index (χ3n) is 2.23. The fraction of sp³-hybridized carbons (Fsp3) is 0.333. The molecule has 1 rings (SSSR count). The molecular weight excluding hydrogens is 250 g/mol. The summed E-state index contributed by atoms with van der Waals surface area (Å²) in [6, 6.07) is 4.56. The Labute approximate surface area is 107 Å². The molecule has 0 spiro atoms. The second-order valence-electron chi connectivity index (χ2n) is 3.53. The van der Waals surface area contributed by atoms with Gasteiger partial charge in [-0.2, -0.15) is 9.57 Å². The first kappa shape index (κ1) is 14.2. The Bertz CT molecular complexity index is 579. The first-order valence-electron chi connectivity index (χ1n) is 5.36. The van der Waals surface area contributed by atoms with E-state index >= 15 is 0 Å². The summed E-state index contributed by atoms with van der Waals surface area (Å²) in [4.78, 5) is 3.79. The Morgan fingerprint density at radius 3 is 2.67 bits per heavy atom. The minimum atomic E-state index is -3.63. The van der Waals surface area contributed by atoms with Gasteiger partial charge in [0.1, 0.15) is 16.7 Å². The zero-order chi connectivity index (χ0) is 13.6. The van der Waals surface area contributed by atoms with Crippen LogP contribution in [0.5, 0.6) is 0 Å². The van der Waals surface area contributed by atoms with Crippen LogP contribution in [0.15, 0.2) is 23.2 Å². The van der Waals surface area contributed by atoms with Gasteiger partial charge < -0.3 is 0 Å². The molecule has 0 aliphatic heterocycles. The van der Waals surface area contributed by atoms with Gasteiger partial charge in [-0.1, -0.05) is 12.8 Å². The molecule has 0 aliphatic rings. The smallest absolute Gasteiger partial charge is 0.244 e. The Morgan fingerprint density at radius 1 is 1.50 bits per heavy atom. The summed E-state index contributed by atoms with van der Waals surface area (Å²) >= 11 is 0. The number of nitriles is 1. The van der Waals surface area contributed by atoms with Gasteiger partial charge in [-0.05, 0) is 18.6 Å². The number of hydrogen-bond acceptors (Lipinski definition) is 4. The Hall–Kier alpha value is -1.89. The molecule has 1 heterocycles. The van der Waals surface area contributed by atoms with Crippen LogP contribution in [-0.2, 0) is 10.0 Å². The van der Waals surface area contributed by atoms with Crippen LogP contribution in [0.1, 0.15) is 19.0 Å². The first-order chi connectivity index (χ1) is 8.56. The molecule has 0 saturated carbocycles. The lowest BCUT2D eigenvalue weighted by Gasteiger charge is -2.18. The Morgan fingerprint density at radius 2 is 2.22 bits per heavy atom. The van der Waals surface area contributed by atoms with E-state index in [1.165, 1.54) is 22.6 Å². The summed E-state index contributed by atoms with van der Waals surface area (Å²) in [6.07, 6.45) is 7.01.